The molecular formula is C17H23N3O4. The third-order valence-corrected chi connectivity index (χ3v) is 4.07. The number of carbonyl (C=O) groups is 3. The van der Waals surface area contributed by atoms with Gasteiger partial charge in [-0.3, -0.25) is 9.59 Å². The highest BCUT2D eigenvalue weighted by molar-refractivity contribution is 5.93. The van der Waals surface area contributed by atoms with Crippen LogP contribution in [0.3, 0.4) is 0 Å². The third-order valence-electron chi connectivity index (χ3n) is 4.07. The van der Waals surface area contributed by atoms with E-state index in [9.17, 15) is 14.4 Å². The van der Waals surface area contributed by atoms with E-state index in [1.165, 1.54) is 4.90 Å². The zero-order chi connectivity index (χ0) is 17.7. The average Bonchev–Trinajstić information content (AvgIpc) is 2.54. The predicted molar refractivity (Wildman–Crippen MR) is 89.8 cm³/mol. The van der Waals surface area contributed by atoms with Gasteiger partial charge in [0, 0.05) is 38.8 Å². The predicted octanol–water partition coefficient (Wildman–Crippen LogP) is 1.65. The molecular weight excluding hydrogens is 310 g/mol. The van der Waals surface area contributed by atoms with E-state index in [1.54, 1.807) is 43.3 Å². The molecule has 0 unspecified atom stereocenters. The first-order valence-corrected chi connectivity index (χ1v) is 7.94. The molecule has 0 aliphatic carbocycles. The van der Waals surface area contributed by atoms with Crippen LogP contribution in [-0.2, 0) is 16.0 Å². The van der Waals surface area contributed by atoms with Gasteiger partial charge in [0.2, 0.25) is 5.91 Å². The number of carbonyl (C=O) groups excluding carboxylic acids is 2. The van der Waals surface area contributed by atoms with E-state index < -0.39 is 5.97 Å². The maximum absolute atomic E-state index is 12.4. The average molecular weight is 333 g/mol. The quantitative estimate of drug-likeness (QED) is 0.876. The van der Waals surface area contributed by atoms with Gasteiger partial charge in [-0.2, -0.15) is 0 Å². The molecule has 1 heterocycles. The van der Waals surface area contributed by atoms with Crippen LogP contribution in [0, 0.1) is 5.92 Å². The zero-order valence-corrected chi connectivity index (χ0v) is 14.0. The first-order chi connectivity index (χ1) is 11.4. The Morgan fingerprint density at radius 1 is 1.25 bits per heavy atom. The Labute approximate surface area is 141 Å². The fraction of sp³-hybridized carbons (Fsp3) is 0.471. The second-order valence-corrected chi connectivity index (χ2v) is 6.20. The number of carboxylic acids is 1. The van der Waals surface area contributed by atoms with Gasteiger partial charge < -0.3 is 20.2 Å². The number of amides is 3. The molecule has 0 bridgehead atoms. The van der Waals surface area contributed by atoms with E-state index >= 15 is 0 Å². The molecule has 7 nitrogen and oxygen atoms in total. The molecule has 0 saturated carbocycles. The molecule has 1 aliphatic rings. The molecule has 2 rings (SSSR count). The first-order valence-electron chi connectivity index (χ1n) is 7.94. The van der Waals surface area contributed by atoms with E-state index in [0.717, 1.165) is 0 Å². The Bertz CT molecular complexity index is 622. The number of benzene rings is 1. The zero-order valence-electron chi connectivity index (χ0n) is 14.0. The Morgan fingerprint density at radius 2 is 1.92 bits per heavy atom. The standard InChI is InChI=1S/C17H23N3O4/c1-19(2)17(24)20-8-6-13(7-9-20)16(23)18-14-5-3-4-12(10-14)11-15(21)22/h3-5,10,13H,6-9,11H2,1-2H3,(H,18,23)(H,21,22). The minimum Gasteiger partial charge on any atom is -0.481 e. The minimum atomic E-state index is -0.906. The van der Waals surface area contributed by atoms with Crippen molar-refractivity contribution in [2.24, 2.45) is 5.92 Å². The molecule has 0 atom stereocenters. The number of anilines is 1. The van der Waals surface area contributed by atoms with Crippen molar-refractivity contribution >= 4 is 23.6 Å². The Hall–Kier alpha value is -2.57. The van der Waals surface area contributed by atoms with Crippen molar-refractivity contribution < 1.29 is 19.5 Å². The highest BCUT2D eigenvalue weighted by atomic mass is 16.4. The van der Waals surface area contributed by atoms with Crippen LogP contribution in [-0.4, -0.2) is 60.0 Å². The molecule has 1 aromatic carbocycles. The fourth-order valence-electron chi connectivity index (χ4n) is 2.79. The second kappa shape index (κ2) is 7.81. The summed E-state index contributed by atoms with van der Waals surface area (Å²) in [7, 11) is 3.43. The molecule has 1 saturated heterocycles. The number of carboxylic acid groups (broad SMARTS) is 1. The number of rotatable bonds is 4. The maximum atomic E-state index is 12.4. The Kier molecular flexibility index (Phi) is 5.78. The topological polar surface area (TPSA) is 90.0 Å². The van der Waals surface area contributed by atoms with Crippen molar-refractivity contribution in [1.82, 2.24) is 9.80 Å². The van der Waals surface area contributed by atoms with Gasteiger partial charge in [0.15, 0.2) is 0 Å². The number of urea groups is 1. The van der Waals surface area contributed by atoms with E-state index in [2.05, 4.69) is 5.32 Å². The number of nitrogens with one attached hydrogen (secondary N) is 1. The summed E-state index contributed by atoms with van der Waals surface area (Å²) in [5, 5.41) is 11.7. The largest absolute Gasteiger partial charge is 0.481 e. The van der Waals surface area contributed by atoms with Crippen LogP contribution in [0.5, 0.6) is 0 Å². The van der Waals surface area contributed by atoms with E-state index in [1.807, 2.05) is 0 Å². The lowest BCUT2D eigenvalue weighted by Crippen LogP contribution is -2.45. The van der Waals surface area contributed by atoms with Crippen LogP contribution in [0.25, 0.3) is 0 Å². The minimum absolute atomic E-state index is 0.0322. The molecule has 7 heteroatoms. The lowest BCUT2D eigenvalue weighted by Gasteiger charge is -2.33. The summed E-state index contributed by atoms with van der Waals surface area (Å²) in [6.45, 7) is 1.13. The number of piperidine rings is 1. The summed E-state index contributed by atoms with van der Waals surface area (Å²) < 4.78 is 0. The molecule has 3 amide bonds. The van der Waals surface area contributed by atoms with Crippen molar-refractivity contribution in [2.45, 2.75) is 19.3 Å². The molecule has 1 fully saturated rings. The summed E-state index contributed by atoms with van der Waals surface area (Å²) in [4.78, 5) is 38.3. The molecule has 0 spiro atoms. The molecule has 130 valence electrons. The Morgan fingerprint density at radius 3 is 2.50 bits per heavy atom. The first kappa shape index (κ1) is 17.8. The molecule has 1 aromatic rings. The fourth-order valence-corrected chi connectivity index (χ4v) is 2.79. The number of likely N-dealkylation sites (tertiary alicyclic amines) is 1. The summed E-state index contributed by atoms with van der Waals surface area (Å²) >= 11 is 0. The van der Waals surface area contributed by atoms with Crippen LogP contribution in [0.15, 0.2) is 24.3 Å². The van der Waals surface area contributed by atoms with Crippen molar-refractivity contribution in [3.63, 3.8) is 0 Å². The SMILES string of the molecule is CN(C)C(=O)N1CCC(C(=O)Nc2cccc(CC(=O)O)c2)CC1. The molecule has 2 N–H and O–H groups in total. The summed E-state index contributed by atoms with van der Waals surface area (Å²) in [6, 6.07) is 6.83. The van der Waals surface area contributed by atoms with Crippen LogP contribution in [0.4, 0.5) is 10.5 Å². The summed E-state index contributed by atoms with van der Waals surface area (Å²) in [5.41, 5.74) is 1.25. The highest BCUT2D eigenvalue weighted by Crippen LogP contribution is 2.20. The van der Waals surface area contributed by atoms with Gasteiger partial charge in [-0.1, -0.05) is 12.1 Å². The van der Waals surface area contributed by atoms with Crippen LogP contribution in [0.2, 0.25) is 0 Å². The van der Waals surface area contributed by atoms with Crippen molar-refractivity contribution in [3.8, 4) is 0 Å². The highest BCUT2D eigenvalue weighted by Gasteiger charge is 2.28. The Balaban J connectivity index is 1.90. The molecule has 0 aromatic heterocycles. The van der Waals surface area contributed by atoms with Gasteiger partial charge >= 0.3 is 12.0 Å². The lowest BCUT2D eigenvalue weighted by molar-refractivity contribution is -0.136. The van der Waals surface area contributed by atoms with Gasteiger partial charge in [0.05, 0.1) is 6.42 Å². The second-order valence-electron chi connectivity index (χ2n) is 6.20. The maximum Gasteiger partial charge on any atom is 0.319 e. The number of hydrogen-bond donors (Lipinski definition) is 2. The van der Waals surface area contributed by atoms with E-state index in [0.29, 0.717) is 37.2 Å². The number of aliphatic carboxylic acids is 1. The van der Waals surface area contributed by atoms with Crippen LogP contribution >= 0.6 is 0 Å². The smallest absolute Gasteiger partial charge is 0.319 e. The number of nitrogens with zero attached hydrogens (tertiary/aromatic N) is 2. The van der Waals surface area contributed by atoms with Gasteiger partial charge in [0.1, 0.15) is 0 Å². The van der Waals surface area contributed by atoms with Crippen molar-refractivity contribution in [1.29, 1.82) is 0 Å². The lowest BCUT2D eigenvalue weighted by atomic mass is 9.96. The summed E-state index contributed by atoms with van der Waals surface area (Å²) in [6.07, 6.45) is 1.18. The van der Waals surface area contributed by atoms with Gasteiger partial charge in [-0.15, -0.1) is 0 Å². The molecule has 1 aliphatic heterocycles. The van der Waals surface area contributed by atoms with Gasteiger partial charge in [0.25, 0.3) is 0 Å². The molecule has 0 radical (unpaired) electrons. The molecule has 24 heavy (non-hydrogen) atoms. The van der Waals surface area contributed by atoms with E-state index in [4.69, 9.17) is 5.11 Å². The van der Waals surface area contributed by atoms with Crippen LogP contribution < -0.4 is 5.32 Å². The van der Waals surface area contributed by atoms with Gasteiger partial charge in [-0.25, -0.2) is 4.79 Å². The number of hydrogen-bond acceptors (Lipinski definition) is 3. The van der Waals surface area contributed by atoms with Crippen molar-refractivity contribution in [2.75, 3.05) is 32.5 Å². The van der Waals surface area contributed by atoms with Crippen LogP contribution in [0.1, 0.15) is 18.4 Å². The normalized spacial score (nSPS) is 15.0. The monoisotopic (exact) mass is 333 g/mol. The van der Waals surface area contributed by atoms with E-state index in [-0.39, 0.29) is 24.3 Å². The third kappa shape index (κ3) is 4.71. The summed E-state index contributed by atoms with van der Waals surface area (Å²) in [5.74, 6) is -1.13. The van der Waals surface area contributed by atoms with Gasteiger partial charge in [-0.05, 0) is 30.5 Å². The van der Waals surface area contributed by atoms with Crippen molar-refractivity contribution in [3.05, 3.63) is 29.8 Å².